The molecule has 86 valence electrons. The molecule has 0 saturated carbocycles. The van der Waals surface area contributed by atoms with Crippen molar-refractivity contribution in [1.82, 2.24) is 0 Å². The van der Waals surface area contributed by atoms with Crippen molar-refractivity contribution < 1.29 is 4.79 Å². The normalized spacial score (nSPS) is 10.2. The minimum absolute atomic E-state index is 0.110. The highest BCUT2D eigenvalue weighted by molar-refractivity contribution is 6.09. The third-order valence-electron chi connectivity index (χ3n) is 2.99. The Morgan fingerprint density at radius 2 is 1.82 bits per heavy atom. The maximum absolute atomic E-state index is 12.3. The topological polar surface area (TPSA) is 17.1 Å². The second-order valence-electron chi connectivity index (χ2n) is 4.20. The van der Waals surface area contributed by atoms with Crippen molar-refractivity contribution in [3.8, 4) is 0 Å². The molecule has 2 aromatic carbocycles. The predicted octanol–water partition coefficient (Wildman–Crippen LogP) is 3.79. The predicted molar refractivity (Wildman–Crippen MR) is 70.4 cm³/mol. The zero-order valence-electron chi connectivity index (χ0n) is 10.2. The number of ketones is 1. The summed E-state index contributed by atoms with van der Waals surface area (Å²) >= 11 is 0. The van der Waals surface area contributed by atoms with Gasteiger partial charge in [-0.05, 0) is 30.5 Å². The highest BCUT2D eigenvalue weighted by Crippen LogP contribution is 2.15. The highest BCUT2D eigenvalue weighted by atomic mass is 16.1. The lowest BCUT2D eigenvalue weighted by Gasteiger charge is -2.06. The van der Waals surface area contributed by atoms with Crippen molar-refractivity contribution in [2.24, 2.45) is 0 Å². The summed E-state index contributed by atoms with van der Waals surface area (Å²) in [6, 6.07) is 15.6. The first-order chi connectivity index (χ1) is 8.22. The first kappa shape index (κ1) is 11.6. The van der Waals surface area contributed by atoms with Crippen LogP contribution in [0.15, 0.2) is 48.5 Å². The van der Waals surface area contributed by atoms with Gasteiger partial charge in [0.15, 0.2) is 5.78 Å². The lowest BCUT2D eigenvalue weighted by atomic mass is 9.97. The van der Waals surface area contributed by atoms with Gasteiger partial charge in [-0.25, -0.2) is 0 Å². The molecular weight excluding hydrogens is 208 g/mol. The molecule has 0 aromatic heterocycles. The van der Waals surface area contributed by atoms with Crippen molar-refractivity contribution in [2.75, 3.05) is 0 Å². The molecule has 0 N–H and O–H groups in total. The summed E-state index contributed by atoms with van der Waals surface area (Å²) in [5.41, 5.74) is 3.79. The number of rotatable bonds is 3. The van der Waals surface area contributed by atoms with Gasteiger partial charge < -0.3 is 0 Å². The Morgan fingerprint density at radius 1 is 1.06 bits per heavy atom. The van der Waals surface area contributed by atoms with Gasteiger partial charge in [-0.2, -0.15) is 0 Å². The molecule has 2 rings (SSSR count). The smallest absolute Gasteiger partial charge is 0.193 e. The van der Waals surface area contributed by atoms with Crippen LogP contribution in [0, 0.1) is 6.92 Å². The minimum Gasteiger partial charge on any atom is -0.289 e. The van der Waals surface area contributed by atoms with Crippen molar-refractivity contribution in [2.45, 2.75) is 20.3 Å². The summed E-state index contributed by atoms with van der Waals surface area (Å²) in [6.45, 7) is 4.06. The average molecular weight is 224 g/mol. The Morgan fingerprint density at radius 3 is 2.53 bits per heavy atom. The largest absolute Gasteiger partial charge is 0.289 e. The van der Waals surface area contributed by atoms with Gasteiger partial charge in [-0.15, -0.1) is 0 Å². The molecule has 2 aromatic rings. The monoisotopic (exact) mass is 224 g/mol. The molecule has 0 aliphatic heterocycles. The Hall–Kier alpha value is -1.89. The summed E-state index contributed by atoms with van der Waals surface area (Å²) in [7, 11) is 0. The van der Waals surface area contributed by atoms with Gasteiger partial charge in [0, 0.05) is 11.1 Å². The van der Waals surface area contributed by atoms with Crippen molar-refractivity contribution in [3.63, 3.8) is 0 Å². The molecule has 0 aliphatic carbocycles. The van der Waals surface area contributed by atoms with Crippen LogP contribution < -0.4 is 0 Å². The molecule has 0 bridgehead atoms. The maximum Gasteiger partial charge on any atom is 0.193 e. The zero-order chi connectivity index (χ0) is 12.3. The molecular formula is C16H16O. The summed E-state index contributed by atoms with van der Waals surface area (Å²) < 4.78 is 0. The van der Waals surface area contributed by atoms with Crippen LogP contribution in [0.1, 0.15) is 34.0 Å². The van der Waals surface area contributed by atoms with Crippen LogP contribution in [0.5, 0.6) is 0 Å². The molecule has 17 heavy (non-hydrogen) atoms. The molecule has 0 amide bonds. The SMILES string of the molecule is CCc1cccc(C(=O)c2ccccc2C)c1. The highest BCUT2D eigenvalue weighted by Gasteiger charge is 2.10. The number of aryl methyl sites for hydroxylation is 2. The van der Waals surface area contributed by atoms with Crippen molar-refractivity contribution in [3.05, 3.63) is 70.8 Å². The van der Waals surface area contributed by atoms with Crippen LogP contribution in [-0.4, -0.2) is 5.78 Å². The fourth-order valence-corrected chi connectivity index (χ4v) is 1.92. The van der Waals surface area contributed by atoms with Crippen LogP contribution in [-0.2, 0) is 6.42 Å². The van der Waals surface area contributed by atoms with E-state index in [-0.39, 0.29) is 5.78 Å². The van der Waals surface area contributed by atoms with Gasteiger partial charge in [-0.3, -0.25) is 4.79 Å². The number of carbonyl (C=O) groups is 1. The van der Waals surface area contributed by atoms with E-state index >= 15 is 0 Å². The Bertz CT molecular complexity index is 541. The van der Waals surface area contributed by atoms with Crippen LogP contribution in [0.4, 0.5) is 0 Å². The standard InChI is InChI=1S/C16H16O/c1-3-13-8-6-9-14(11-13)16(17)15-10-5-4-7-12(15)2/h4-11H,3H2,1-2H3. The van der Waals surface area contributed by atoms with Gasteiger partial charge in [0.2, 0.25) is 0 Å². The second kappa shape index (κ2) is 4.96. The van der Waals surface area contributed by atoms with Crippen LogP contribution in [0.2, 0.25) is 0 Å². The van der Waals surface area contributed by atoms with E-state index in [9.17, 15) is 4.79 Å². The van der Waals surface area contributed by atoms with E-state index in [1.165, 1.54) is 5.56 Å². The van der Waals surface area contributed by atoms with Crippen molar-refractivity contribution in [1.29, 1.82) is 0 Å². The molecule has 0 saturated heterocycles. The van der Waals surface area contributed by atoms with Gasteiger partial charge in [0.1, 0.15) is 0 Å². The summed E-state index contributed by atoms with van der Waals surface area (Å²) in [4.78, 5) is 12.3. The second-order valence-corrected chi connectivity index (χ2v) is 4.20. The van der Waals surface area contributed by atoms with Crippen molar-refractivity contribution >= 4 is 5.78 Å². The van der Waals surface area contributed by atoms with E-state index in [0.717, 1.165) is 23.1 Å². The molecule has 1 nitrogen and oxygen atoms in total. The van der Waals surface area contributed by atoms with Crippen LogP contribution in [0.3, 0.4) is 0 Å². The van der Waals surface area contributed by atoms with E-state index in [1.54, 1.807) is 0 Å². The molecule has 0 atom stereocenters. The van der Waals surface area contributed by atoms with E-state index in [2.05, 4.69) is 13.0 Å². The fourth-order valence-electron chi connectivity index (χ4n) is 1.92. The van der Waals surface area contributed by atoms with Crippen LogP contribution in [0.25, 0.3) is 0 Å². The lowest BCUT2D eigenvalue weighted by Crippen LogP contribution is -2.03. The molecule has 0 aliphatic rings. The Labute approximate surface area is 102 Å². The Kier molecular flexibility index (Phi) is 3.38. The number of carbonyl (C=O) groups excluding carboxylic acids is 1. The maximum atomic E-state index is 12.3. The third-order valence-corrected chi connectivity index (χ3v) is 2.99. The Balaban J connectivity index is 2.40. The van der Waals surface area contributed by atoms with Gasteiger partial charge in [0.05, 0.1) is 0 Å². The molecule has 0 unspecified atom stereocenters. The molecule has 0 radical (unpaired) electrons. The molecule has 0 fully saturated rings. The van der Waals surface area contributed by atoms with E-state index in [4.69, 9.17) is 0 Å². The number of hydrogen-bond acceptors (Lipinski definition) is 1. The van der Waals surface area contributed by atoms with Gasteiger partial charge in [0.25, 0.3) is 0 Å². The summed E-state index contributed by atoms with van der Waals surface area (Å²) in [6.07, 6.45) is 0.953. The first-order valence-corrected chi connectivity index (χ1v) is 5.91. The van der Waals surface area contributed by atoms with E-state index < -0.39 is 0 Å². The number of benzene rings is 2. The zero-order valence-corrected chi connectivity index (χ0v) is 10.2. The third kappa shape index (κ3) is 2.44. The molecule has 1 heteroatoms. The summed E-state index contributed by atoms with van der Waals surface area (Å²) in [5.74, 6) is 0.110. The first-order valence-electron chi connectivity index (χ1n) is 5.91. The van der Waals surface area contributed by atoms with Gasteiger partial charge >= 0.3 is 0 Å². The molecule has 0 heterocycles. The van der Waals surface area contributed by atoms with E-state index in [0.29, 0.717) is 0 Å². The molecule has 0 spiro atoms. The quantitative estimate of drug-likeness (QED) is 0.725. The van der Waals surface area contributed by atoms with E-state index in [1.807, 2.05) is 49.4 Å². The lowest BCUT2D eigenvalue weighted by molar-refractivity contribution is 0.103. The summed E-state index contributed by atoms with van der Waals surface area (Å²) in [5, 5.41) is 0. The number of hydrogen-bond donors (Lipinski definition) is 0. The fraction of sp³-hybridized carbons (Fsp3) is 0.188. The average Bonchev–Trinajstić information content (AvgIpc) is 2.38. The van der Waals surface area contributed by atoms with Gasteiger partial charge in [-0.1, -0.05) is 49.4 Å². The van der Waals surface area contributed by atoms with Crippen LogP contribution >= 0.6 is 0 Å². The minimum atomic E-state index is 0.110.